The fourth-order valence-electron chi connectivity index (χ4n) is 8.30. The Labute approximate surface area is 427 Å². The molecule has 16 heteroatoms. The van der Waals surface area contributed by atoms with E-state index in [1.165, 1.54) is 11.1 Å². The van der Waals surface area contributed by atoms with Gasteiger partial charge in [0.1, 0.15) is 11.5 Å². The van der Waals surface area contributed by atoms with Gasteiger partial charge in [-0.3, -0.25) is 0 Å². The zero-order chi connectivity index (χ0) is 52.6. The van der Waals surface area contributed by atoms with Gasteiger partial charge in [-0.25, -0.2) is 13.8 Å². The molecule has 4 aromatic carbocycles. The van der Waals surface area contributed by atoms with E-state index in [0.717, 1.165) is 141 Å². The number of carbonyl (C=O) groups is 2. The van der Waals surface area contributed by atoms with Crippen LogP contribution >= 0.6 is 0 Å². The van der Waals surface area contributed by atoms with Crippen LogP contribution in [0.4, 0.5) is 0 Å². The fourth-order valence-corrected chi connectivity index (χ4v) is 9.66. The molecule has 0 spiro atoms. The predicted molar refractivity (Wildman–Crippen MR) is 282 cm³/mol. The molecule has 2 heterocycles. The summed E-state index contributed by atoms with van der Waals surface area (Å²) in [5.41, 5.74) is 10.8. The smallest absolute Gasteiger partial charge is 0.414 e. The van der Waals surface area contributed by atoms with Crippen molar-refractivity contribution < 1.29 is 52.4 Å². The number of benzene rings is 4. The minimum absolute atomic E-state index is 0.559. The first-order chi connectivity index (χ1) is 34.4. The maximum Gasteiger partial charge on any atom is 0.414 e. The van der Waals surface area contributed by atoms with Crippen molar-refractivity contribution in [1.29, 1.82) is 0 Å². The van der Waals surface area contributed by atoms with E-state index in [1.54, 1.807) is 28.4 Å². The molecular formula is C56H72N4O11S. The molecule has 0 saturated carbocycles. The molecule has 0 unspecified atom stereocenters. The summed E-state index contributed by atoms with van der Waals surface area (Å²) in [6.45, 7) is 13.1. The first-order valence-electron chi connectivity index (χ1n) is 23.9. The Kier molecular flexibility index (Phi) is 20.8. The van der Waals surface area contributed by atoms with Crippen LogP contribution in [0.25, 0.3) is 22.3 Å². The van der Waals surface area contributed by atoms with Gasteiger partial charge in [0.15, 0.2) is 23.0 Å². The largest absolute Gasteiger partial charge is 0.494 e. The second-order valence-electron chi connectivity index (χ2n) is 17.8. The number of likely N-dealkylation sites (N-methyl/N-ethyl adjacent to an activating group) is 2. The van der Waals surface area contributed by atoms with Crippen molar-refractivity contribution >= 4 is 22.7 Å². The average molecular weight is 1010 g/mol. The summed E-state index contributed by atoms with van der Waals surface area (Å²) in [5, 5.41) is 14.8. The van der Waals surface area contributed by atoms with Crippen LogP contribution in [0.15, 0.2) is 94.7 Å². The number of methoxy groups -OCH3 is 4. The molecule has 6 aromatic rings. The number of rotatable bonds is 24. The Morgan fingerprint density at radius 2 is 0.889 bits per heavy atom. The Balaban J connectivity index is 0.00000151. The molecule has 0 amide bonds. The third-order valence-electron chi connectivity index (χ3n) is 13.0. The van der Waals surface area contributed by atoms with E-state index in [9.17, 15) is 0 Å². The van der Waals surface area contributed by atoms with Gasteiger partial charge in [0.25, 0.3) is 0 Å². The molecule has 388 valence electrons. The maximum absolute atomic E-state index is 15.2. The summed E-state index contributed by atoms with van der Waals surface area (Å²) in [5.74, 6) is 0.827. The lowest BCUT2D eigenvalue weighted by Gasteiger charge is -2.19. The Hall–Kier alpha value is -6.75. The van der Waals surface area contributed by atoms with E-state index in [2.05, 4.69) is 111 Å². The van der Waals surface area contributed by atoms with Crippen LogP contribution < -0.4 is 28.4 Å². The van der Waals surface area contributed by atoms with Crippen LogP contribution in [-0.2, 0) is 47.3 Å². The van der Waals surface area contributed by atoms with Crippen molar-refractivity contribution in [2.75, 3.05) is 81.9 Å². The molecular weight excluding hydrogens is 937 g/mol. The van der Waals surface area contributed by atoms with E-state index in [4.69, 9.17) is 48.2 Å². The first kappa shape index (κ1) is 56.2. The number of nitrogens with zero attached hydrogens (tertiary/aromatic N) is 4. The van der Waals surface area contributed by atoms with Gasteiger partial charge in [-0.05, 0) is 151 Å². The maximum atomic E-state index is 15.2. The van der Waals surface area contributed by atoms with Gasteiger partial charge in [-0.15, -0.1) is 0 Å². The molecule has 0 radical (unpaired) electrons. The molecule has 0 aliphatic rings. The lowest BCUT2D eigenvalue weighted by molar-refractivity contribution is -0.159. The topological polar surface area (TPSA) is 163 Å². The Morgan fingerprint density at radius 3 is 1.21 bits per heavy atom. The number of aromatic nitrogens is 2. The van der Waals surface area contributed by atoms with Crippen molar-refractivity contribution in [2.45, 2.75) is 63.2 Å². The van der Waals surface area contributed by atoms with E-state index < -0.39 is 22.7 Å². The zero-order valence-electron chi connectivity index (χ0n) is 43.9. The van der Waals surface area contributed by atoms with E-state index in [-0.39, 0.29) is 0 Å². The number of aliphatic carboxylic acids is 2. The summed E-state index contributed by atoms with van der Waals surface area (Å²) < 4.78 is 54.1. The third kappa shape index (κ3) is 14.7. The average Bonchev–Trinajstić information content (AvgIpc) is 3.80. The van der Waals surface area contributed by atoms with E-state index in [1.807, 2.05) is 48.5 Å². The van der Waals surface area contributed by atoms with Crippen molar-refractivity contribution in [3.8, 4) is 56.8 Å². The summed E-state index contributed by atoms with van der Waals surface area (Å²) in [6, 6.07) is 28.6. The number of ether oxygens (including phenoxy) is 6. The van der Waals surface area contributed by atoms with Gasteiger partial charge >= 0.3 is 11.9 Å². The van der Waals surface area contributed by atoms with Crippen LogP contribution in [0.2, 0.25) is 0 Å². The second-order valence-corrected chi connectivity index (χ2v) is 19.2. The van der Waals surface area contributed by atoms with Gasteiger partial charge in [0, 0.05) is 85.3 Å². The van der Waals surface area contributed by atoms with Crippen LogP contribution in [0.1, 0.15) is 46.7 Å². The van der Waals surface area contributed by atoms with Crippen molar-refractivity contribution in [1.82, 2.24) is 18.9 Å². The monoisotopic (exact) mass is 1010 g/mol. The number of carboxylic acids is 2. The first-order valence-corrected chi connectivity index (χ1v) is 25.0. The summed E-state index contributed by atoms with van der Waals surface area (Å²) in [7, 11) is 13.5. The van der Waals surface area contributed by atoms with Gasteiger partial charge < -0.3 is 57.6 Å². The van der Waals surface area contributed by atoms with Crippen LogP contribution in [0.5, 0.6) is 34.5 Å². The van der Waals surface area contributed by atoms with Crippen molar-refractivity contribution in [3.63, 3.8) is 0 Å². The number of aryl methyl sites for hydroxylation is 2. The van der Waals surface area contributed by atoms with Crippen molar-refractivity contribution in [3.05, 3.63) is 119 Å². The molecule has 2 N–H and O–H groups in total. The van der Waals surface area contributed by atoms with E-state index >= 15 is 4.21 Å². The molecule has 2 aromatic heterocycles. The molecule has 0 aliphatic carbocycles. The number of hydrogen-bond donors (Lipinski definition) is 2. The Bertz CT molecular complexity index is 2630. The highest BCUT2D eigenvalue weighted by Gasteiger charge is 2.23. The predicted octanol–water partition coefficient (Wildman–Crippen LogP) is 9.17. The zero-order valence-corrected chi connectivity index (χ0v) is 44.7. The van der Waals surface area contributed by atoms with Crippen molar-refractivity contribution in [2.24, 2.45) is 14.1 Å². The highest BCUT2D eigenvalue weighted by molar-refractivity contribution is 7.85. The normalized spacial score (nSPS) is 11.2. The highest BCUT2D eigenvalue weighted by atomic mass is 32.2. The van der Waals surface area contributed by atoms with Crippen LogP contribution in [0, 0.1) is 27.7 Å². The quantitative estimate of drug-likeness (QED) is 0.0436. The van der Waals surface area contributed by atoms with Gasteiger partial charge in [0.05, 0.1) is 62.2 Å². The minimum Gasteiger partial charge on any atom is -0.494 e. The van der Waals surface area contributed by atoms with Gasteiger partial charge in [-0.2, -0.15) is 0 Å². The highest BCUT2D eigenvalue weighted by Crippen LogP contribution is 2.40. The SMILES string of the molecule is COc1ccc(CCN(C)CCCOc2ccc(S(=O)c3ccc(OCCCN(C)CCc4ccc(OC)c(OC)c4)cc3-c3cc(C)n(C)c3C)c(-c3cc(C)n(C)c3C)c2)cc1OC.O=C(O)C(=O)O. The summed E-state index contributed by atoms with van der Waals surface area (Å²) in [4.78, 5) is 24.3. The summed E-state index contributed by atoms with van der Waals surface area (Å²) in [6.07, 6.45) is 3.52. The standard InChI is InChI=1S/C54H70N4O7S.C2H2O4/c1-37-31-45(39(3)57(37)7)47-35-43(64-29-13-25-55(5)27-23-41-15-19-49(60-9)51(33-41)62-11)17-21-53(47)66(59)54-22-18-44(36-48(54)46-32-38(2)58(8)40(46)4)65-30-14-26-56(6)28-24-42-16-20-50(61-10)52(34-42)63-12;3-1(4)2(5)6/h15-22,31-36H,13-14,23-30H2,1-12H3;(H,3,4)(H,5,6). The molecule has 6 rings (SSSR count). The Morgan fingerprint density at radius 1 is 0.514 bits per heavy atom. The molecule has 0 saturated heterocycles. The third-order valence-corrected chi connectivity index (χ3v) is 14.5. The molecule has 15 nitrogen and oxygen atoms in total. The fraction of sp³-hybridized carbons (Fsp3) is 0.393. The second kappa shape index (κ2) is 26.6. The van der Waals surface area contributed by atoms with E-state index in [0.29, 0.717) is 13.2 Å². The van der Waals surface area contributed by atoms with Crippen LogP contribution in [0.3, 0.4) is 0 Å². The number of hydrogen-bond acceptors (Lipinski definition) is 11. The molecule has 0 aliphatic heterocycles. The molecule has 0 bridgehead atoms. The van der Waals surface area contributed by atoms with Crippen LogP contribution in [-0.4, -0.2) is 127 Å². The lowest BCUT2D eigenvalue weighted by Crippen LogP contribution is -2.23. The van der Waals surface area contributed by atoms with Gasteiger partial charge in [-0.1, -0.05) is 12.1 Å². The lowest BCUT2D eigenvalue weighted by atomic mass is 10.1. The molecule has 72 heavy (non-hydrogen) atoms. The molecule has 0 fully saturated rings. The minimum atomic E-state index is -1.82. The summed E-state index contributed by atoms with van der Waals surface area (Å²) >= 11 is 0. The molecule has 0 atom stereocenters. The van der Waals surface area contributed by atoms with Gasteiger partial charge in [0.2, 0.25) is 0 Å². The number of carboxylic acid groups (broad SMARTS) is 2.